The molecule has 2 heterocycles. The van der Waals surface area contributed by atoms with Gasteiger partial charge < -0.3 is 18.8 Å². The van der Waals surface area contributed by atoms with Crippen LogP contribution in [0.5, 0.6) is 0 Å². The summed E-state index contributed by atoms with van der Waals surface area (Å²) in [4.78, 5) is 19.0. The average molecular weight is 376 g/mol. The van der Waals surface area contributed by atoms with Crippen LogP contribution in [0.25, 0.3) is 33.5 Å². The lowest BCUT2D eigenvalue weighted by Crippen LogP contribution is -2.12. The Hall–Kier alpha value is -3.28. The molecule has 2 aromatic carbocycles. The van der Waals surface area contributed by atoms with Crippen molar-refractivity contribution in [2.75, 3.05) is 26.1 Å². The molecule has 4 aromatic rings. The van der Waals surface area contributed by atoms with Crippen LogP contribution in [-0.4, -0.2) is 41.3 Å². The molecule has 2 aromatic heterocycles. The molecule has 0 fully saturated rings. The number of nitrogens with zero attached hydrogens (tertiary/aromatic N) is 4. The Morgan fingerprint density at radius 1 is 1.18 bits per heavy atom. The van der Waals surface area contributed by atoms with Crippen LogP contribution >= 0.6 is 0 Å². The van der Waals surface area contributed by atoms with Crippen LogP contribution in [0.3, 0.4) is 0 Å². The lowest BCUT2D eigenvalue weighted by molar-refractivity contribution is 0.0601. The maximum atomic E-state index is 12.1. The third kappa shape index (κ3) is 2.64. The number of anilines is 1. The van der Waals surface area contributed by atoms with E-state index in [4.69, 9.17) is 9.72 Å². The number of benzene rings is 2. The Bertz CT molecular complexity index is 1200. The molecule has 4 rings (SSSR count). The van der Waals surface area contributed by atoms with Crippen LogP contribution in [0, 0.1) is 0 Å². The number of carbonyl (C=O) groups is 1. The maximum Gasteiger partial charge on any atom is 0.338 e. The predicted octanol–water partition coefficient (Wildman–Crippen LogP) is 4.07. The van der Waals surface area contributed by atoms with Crippen molar-refractivity contribution in [2.24, 2.45) is 7.05 Å². The summed E-state index contributed by atoms with van der Waals surface area (Å²) in [6.45, 7) is 2.99. The molecule has 0 saturated heterocycles. The fraction of sp³-hybridized carbons (Fsp3) is 0.273. The minimum atomic E-state index is -0.361. The molecule has 6 heteroatoms. The van der Waals surface area contributed by atoms with Gasteiger partial charge in [-0.05, 0) is 31.2 Å². The highest BCUT2D eigenvalue weighted by Crippen LogP contribution is 2.34. The van der Waals surface area contributed by atoms with E-state index in [1.54, 1.807) is 6.07 Å². The Morgan fingerprint density at radius 3 is 2.61 bits per heavy atom. The number of imidazole rings is 1. The van der Waals surface area contributed by atoms with Gasteiger partial charge in [0.15, 0.2) is 5.82 Å². The first kappa shape index (κ1) is 18.1. The molecule has 0 aliphatic rings. The second kappa shape index (κ2) is 6.71. The number of fused-ring (bicyclic) bond motifs is 2. The van der Waals surface area contributed by atoms with E-state index in [1.807, 2.05) is 38.2 Å². The summed E-state index contributed by atoms with van der Waals surface area (Å²) in [5, 5.41) is 1.19. The number of carbonyl (C=O) groups excluding carboxylic acids is 1. The molecular weight excluding hydrogens is 352 g/mol. The first-order valence-corrected chi connectivity index (χ1v) is 9.31. The van der Waals surface area contributed by atoms with Crippen molar-refractivity contribution in [3.05, 3.63) is 48.0 Å². The third-order valence-corrected chi connectivity index (χ3v) is 5.21. The Labute approximate surface area is 163 Å². The van der Waals surface area contributed by atoms with Crippen molar-refractivity contribution >= 4 is 33.6 Å². The summed E-state index contributed by atoms with van der Waals surface area (Å²) < 4.78 is 9.30. The number of methoxy groups -OCH3 is 1. The van der Waals surface area contributed by atoms with E-state index >= 15 is 0 Å². The number of esters is 1. The van der Waals surface area contributed by atoms with Gasteiger partial charge in [-0.2, -0.15) is 0 Å². The molecular formula is C22H24N4O2. The van der Waals surface area contributed by atoms with Crippen molar-refractivity contribution in [1.82, 2.24) is 14.1 Å². The molecule has 0 N–H and O–H groups in total. The highest BCUT2D eigenvalue weighted by molar-refractivity contribution is 6.00. The van der Waals surface area contributed by atoms with E-state index in [9.17, 15) is 4.79 Å². The van der Waals surface area contributed by atoms with E-state index in [0.29, 0.717) is 5.56 Å². The zero-order chi connectivity index (χ0) is 20.0. The van der Waals surface area contributed by atoms with Gasteiger partial charge in [-0.3, -0.25) is 0 Å². The van der Waals surface area contributed by atoms with E-state index in [0.717, 1.165) is 34.8 Å². The topological polar surface area (TPSA) is 52.3 Å². The zero-order valence-corrected chi connectivity index (χ0v) is 16.9. The van der Waals surface area contributed by atoms with Crippen molar-refractivity contribution in [1.29, 1.82) is 0 Å². The molecule has 0 spiro atoms. The molecule has 0 saturated carbocycles. The van der Waals surface area contributed by atoms with Gasteiger partial charge in [0.05, 0.1) is 35.1 Å². The van der Waals surface area contributed by atoms with E-state index in [2.05, 4.69) is 40.3 Å². The van der Waals surface area contributed by atoms with Gasteiger partial charge in [-0.15, -0.1) is 0 Å². The highest BCUT2D eigenvalue weighted by atomic mass is 16.5. The van der Waals surface area contributed by atoms with Crippen molar-refractivity contribution in [3.63, 3.8) is 0 Å². The summed E-state index contributed by atoms with van der Waals surface area (Å²) in [6, 6.07) is 14.2. The van der Waals surface area contributed by atoms with Gasteiger partial charge in [0.25, 0.3) is 0 Å². The predicted molar refractivity (Wildman–Crippen MR) is 113 cm³/mol. The van der Waals surface area contributed by atoms with Crippen LogP contribution in [0.4, 0.5) is 5.69 Å². The smallest absolute Gasteiger partial charge is 0.338 e. The van der Waals surface area contributed by atoms with E-state index in [1.165, 1.54) is 18.0 Å². The number of hydrogen-bond acceptors (Lipinski definition) is 4. The summed E-state index contributed by atoms with van der Waals surface area (Å²) in [5.41, 5.74) is 5.44. The molecule has 0 atom stereocenters. The van der Waals surface area contributed by atoms with Gasteiger partial charge >= 0.3 is 5.97 Å². The standard InChI is InChI=1S/C22H24N4O2/c1-6-26-17-10-8-7-9-14(17)12-19(26)21-23-16-11-15(22(27)28-5)13-18(24(2)3)20(16)25(21)4/h7-13H,6H2,1-5H3. The second-order valence-electron chi connectivity index (χ2n) is 7.08. The zero-order valence-electron chi connectivity index (χ0n) is 16.9. The monoisotopic (exact) mass is 376 g/mol. The molecule has 0 radical (unpaired) electrons. The number of aromatic nitrogens is 3. The van der Waals surface area contributed by atoms with Gasteiger partial charge in [0, 0.05) is 38.6 Å². The number of hydrogen-bond donors (Lipinski definition) is 0. The molecule has 0 aliphatic heterocycles. The minimum Gasteiger partial charge on any atom is -0.465 e. The van der Waals surface area contributed by atoms with Crippen LogP contribution in [0.2, 0.25) is 0 Å². The first-order valence-electron chi connectivity index (χ1n) is 9.31. The van der Waals surface area contributed by atoms with Gasteiger partial charge in [-0.25, -0.2) is 9.78 Å². The SMILES string of the molecule is CCn1c(-c2nc3cc(C(=O)OC)cc(N(C)C)c3n2C)cc2ccccc21. The highest BCUT2D eigenvalue weighted by Gasteiger charge is 2.20. The molecule has 144 valence electrons. The summed E-state index contributed by atoms with van der Waals surface area (Å²) >= 11 is 0. The Morgan fingerprint density at radius 2 is 1.93 bits per heavy atom. The largest absolute Gasteiger partial charge is 0.465 e. The minimum absolute atomic E-state index is 0.361. The lowest BCUT2D eigenvalue weighted by atomic mass is 10.1. The van der Waals surface area contributed by atoms with E-state index in [-0.39, 0.29) is 5.97 Å². The summed E-state index contributed by atoms with van der Waals surface area (Å²) in [5.74, 6) is 0.512. The maximum absolute atomic E-state index is 12.1. The lowest BCUT2D eigenvalue weighted by Gasteiger charge is -2.16. The van der Waals surface area contributed by atoms with Gasteiger partial charge in [0.2, 0.25) is 0 Å². The first-order chi connectivity index (χ1) is 13.5. The summed E-state index contributed by atoms with van der Waals surface area (Å²) in [7, 11) is 7.34. The number of rotatable bonds is 4. The molecule has 0 amide bonds. The van der Waals surface area contributed by atoms with Gasteiger partial charge in [-0.1, -0.05) is 18.2 Å². The molecule has 6 nitrogen and oxygen atoms in total. The van der Waals surface area contributed by atoms with Crippen LogP contribution in [-0.2, 0) is 18.3 Å². The van der Waals surface area contributed by atoms with Crippen LogP contribution in [0.1, 0.15) is 17.3 Å². The molecule has 0 unspecified atom stereocenters. The fourth-order valence-electron chi connectivity index (χ4n) is 3.87. The third-order valence-electron chi connectivity index (χ3n) is 5.21. The Balaban J connectivity index is 2.03. The normalized spacial score (nSPS) is 11.3. The van der Waals surface area contributed by atoms with Crippen molar-refractivity contribution < 1.29 is 9.53 Å². The van der Waals surface area contributed by atoms with Crippen LogP contribution < -0.4 is 4.90 Å². The number of para-hydroxylation sites is 1. The van der Waals surface area contributed by atoms with Crippen molar-refractivity contribution in [2.45, 2.75) is 13.5 Å². The van der Waals surface area contributed by atoms with E-state index < -0.39 is 0 Å². The number of aryl methyl sites for hydroxylation is 2. The number of ether oxygens (including phenoxy) is 1. The summed E-state index contributed by atoms with van der Waals surface area (Å²) in [6.07, 6.45) is 0. The van der Waals surface area contributed by atoms with Crippen molar-refractivity contribution in [3.8, 4) is 11.5 Å². The Kier molecular flexibility index (Phi) is 4.34. The molecule has 0 bridgehead atoms. The van der Waals surface area contributed by atoms with Gasteiger partial charge in [0.1, 0.15) is 0 Å². The fourth-order valence-corrected chi connectivity index (χ4v) is 3.87. The second-order valence-corrected chi connectivity index (χ2v) is 7.08. The quantitative estimate of drug-likeness (QED) is 0.504. The van der Waals surface area contributed by atoms with Crippen LogP contribution in [0.15, 0.2) is 42.5 Å². The molecule has 0 aliphatic carbocycles. The molecule has 28 heavy (non-hydrogen) atoms. The average Bonchev–Trinajstić information content (AvgIpc) is 3.23.